The fourth-order valence-electron chi connectivity index (χ4n) is 2.73. The number of aliphatic imine (C=N–C) groups is 1. The molecule has 0 unspecified atom stereocenters. The molecular formula is C17H28N4O2S. The number of anilines is 1. The van der Waals surface area contributed by atoms with Gasteiger partial charge in [0, 0.05) is 38.9 Å². The molecule has 1 aliphatic heterocycles. The maximum Gasteiger partial charge on any atom is 0.193 e. The fraction of sp³-hybridized carbons (Fsp3) is 0.588. The van der Waals surface area contributed by atoms with Crippen molar-refractivity contribution in [3.63, 3.8) is 0 Å². The number of rotatable bonds is 5. The van der Waals surface area contributed by atoms with Crippen LogP contribution in [0.1, 0.15) is 20.3 Å². The predicted octanol–water partition coefficient (Wildman–Crippen LogP) is 1.57. The van der Waals surface area contributed by atoms with E-state index in [4.69, 9.17) is 0 Å². The van der Waals surface area contributed by atoms with Gasteiger partial charge in [0.05, 0.1) is 10.5 Å². The van der Waals surface area contributed by atoms with Crippen molar-refractivity contribution in [3.8, 4) is 0 Å². The zero-order chi connectivity index (χ0) is 17.6. The van der Waals surface area contributed by atoms with Crippen LogP contribution in [0.25, 0.3) is 0 Å². The molecule has 24 heavy (non-hydrogen) atoms. The average molecular weight is 353 g/mol. The zero-order valence-corrected chi connectivity index (χ0v) is 15.6. The van der Waals surface area contributed by atoms with E-state index in [1.807, 2.05) is 35.2 Å². The van der Waals surface area contributed by atoms with E-state index in [2.05, 4.69) is 15.6 Å². The van der Waals surface area contributed by atoms with Crippen LogP contribution in [0.5, 0.6) is 0 Å². The molecule has 0 saturated carbocycles. The molecule has 6 nitrogen and oxygen atoms in total. The van der Waals surface area contributed by atoms with Gasteiger partial charge in [-0.1, -0.05) is 18.2 Å². The third-order valence-electron chi connectivity index (χ3n) is 4.29. The lowest BCUT2D eigenvalue weighted by Gasteiger charge is -2.39. The highest BCUT2D eigenvalue weighted by atomic mass is 32.2. The third kappa shape index (κ3) is 4.63. The number of sulfone groups is 1. The Morgan fingerprint density at radius 3 is 2.58 bits per heavy atom. The molecule has 0 bridgehead atoms. The van der Waals surface area contributed by atoms with Crippen molar-refractivity contribution >= 4 is 21.5 Å². The topological polar surface area (TPSA) is 73.8 Å². The second-order valence-corrected chi connectivity index (χ2v) is 9.36. The van der Waals surface area contributed by atoms with Crippen LogP contribution in [0.15, 0.2) is 35.3 Å². The monoisotopic (exact) mass is 352 g/mol. The summed E-state index contributed by atoms with van der Waals surface area (Å²) in [6, 6.07) is 10.1. The molecule has 0 aromatic heterocycles. The lowest BCUT2D eigenvalue weighted by atomic mass is 10.2. The second kappa shape index (κ2) is 7.88. The Hall–Kier alpha value is -1.76. The van der Waals surface area contributed by atoms with Gasteiger partial charge in [0.2, 0.25) is 0 Å². The molecule has 1 aromatic rings. The zero-order valence-electron chi connectivity index (χ0n) is 14.7. The van der Waals surface area contributed by atoms with E-state index in [0.717, 1.165) is 31.2 Å². The number of hydrogen-bond acceptors (Lipinski definition) is 4. The Labute approximate surface area is 145 Å². The van der Waals surface area contributed by atoms with Crippen LogP contribution in [0.3, 0.4) is 0 Å². The number of para-hydroxylation sites is 1. The van der Waals surface area contributed by atoms with Gasteiger partial charge in [-0.25, -0.2) is 8.42 Å². The van der Waals surface area contributed by atoms with E-state index in [1.165, 1.54) is 0 Å². The molecule has 0 aliphatic carbocycles. The number of guanidine groups is 1. The number of nitrogens with one attached hydrogen (secondary N) is 2. The number of nitrogens with zero attached hydrogens (tertiary/aromatic N) is 2. The van der Waals surface area contributed by atoms with Gasteiger partial charge in [-0.05, 0) is 32.4 Å². The SMILES string of the molecule is CN=C(NCCCNc1ccccc1)N1CCS(=O)(=O)C(C)(C)C1. The maximum absolute atomic E-state index is 12.1. The summed E-state index contributed by atoms with van der Waals surface area (Å²) >= 11 is 0. The minimum atomic E-state index is -3.03. The van der Waals surface area contributed by atoms with E-state index in [-0.39, 0.29) is 5.75 Å². The van der Waals surface area contributed by atoms with Crippen LogP contribution in [-0.4, -0.2) is 63.0 Å². The van der Waals surface area contributed by atoms with Crippen LogP contribution in [0, 0.1) is 0 Å². The van der Waals surface area contributed by atoms with Gasteiger partial charge in [0.15, 0.2) is 15.8 Å². The van der Waals surface area contributed by atoms with Crippen LogP contribution in [-0.2, 0) is 9.84 Å². The summed E-state index contributed by atoms with van der Waals surface area (Å²) in [5.74, 6) is 0.952. The quantitative estimate of drug-likeness (QED) is 0.478. The Bertz CT molecular complexity index is 656. The van der Waals surface area contributed by atoms with Crippen molar-refractivity contribution in [1.82, 2.24) is 10.2 Å². The minimum Gasteiger partial charge on any atom is -0.385 e. The fourth-order valence-corrected chi connectivity index (χ4v) is 4.10. The van der Waals surface area contributed by atoms with Gasteiger partial charge < -0.3 is 15.5 Å². The van der Waals surface area contributed by atoms with E-state index in [0.29, 0.717) is 13.1 Å². The second-order valence-electron chi connectivity index (χ2n) is 6.62. The average Bonchev–Trinajstić information content (AvgIpc) is 2.55. The van der Waals surface area contributed by atoms with E-state index in [9.17, 15) is 8.42 Å². The van der Waals surface area contributed by atoms with Crippen LogP contribution in [0.2, 0.25) is 0 Å². The molecule has 1 fully saturated rings. The Morgan fingerprint density at radius 1 is 1.25 bits per heavy atom. The molecule has 1 aliphatic rings. The van der Waals surface area contributed by atoms with Gasteiger partial charge >= 0.3 is 0 Å². The summed E-state index contributed by atoms with van der Waals surface area (Å²) in [6.45, 7) is 6.19. The van der Waals surface area contributed by atoms with E-state index < -0.39 is 14.6 Å². The first-order valence-corrected chi connectivity index (χ1v) is 9.98. The van der Waals surface area contributed by atoms with Crippen molar-refractivity contribution < 1.29 is 8.42 Å². The summed E-state index contributed by atoms with van der Waals surface area (Å²) in [5, 5.41) is 6.70. The highest BCUT2D eigenvalue weighted by Gasteiger charge is 2.40. The third-order valence-corrected chi connectivity index (χ3v) is 6.83. The van der Waals surface area contributed by atoms with Crippen molar-refractivity contribution in [2.24, 2.45) is 4.99 Å². The van der Waals surface area contributed by atoms with Gasteiger partial charge in [-0.3, -0.25) is 4.99 Å². The number of benzene rings is 1. The normalized spacial score (nSPS) is 19.8. The van der Waals surface area contributed by atoms with Crippen molar-refractivity contribution in [2.75, 3.05) is 44.3 Å². The minimum absolute atomic E-state index is 0.177. The molecule has 2 rings (SSSR count). The van der Waals surface area contributed by atoms with Crippen LogP contribution >= 0.6 is 0 Å². The smallest absolute Gasteiger partial charge is 0.193 e. The van der Waals surface area contributed by atoms with Gasteiger partial charge in [-0.2, -0.15) is 0 Å². The van der Waals surface area contributed by atoms with Gasteiger partial charge in [0.25, 0.3) is 0 Å². The Balaban J connectivity index is 1.77. The van der Waals surface area contributed by atoms with Crippen LogP contribution < -0.4 is 10.6 Å². The number of hydrogen-bond donors (Lipinski definition) is 2. The Morgan fingerprint density at radius 2 is 1.96 bits per heavy atom. The molecule has 2 N–H and O–H groups in total. The lowest BCUT2D eigenvalue weighted by molar-refractivity contribution is 0.353. The molecule has 0 spiro atoms. The van der Waals surface area contributed by atoms with Crippen LogP contribution in [0.4, 0.5) is 5.69 Å². The maximum atomic E-state index is 12.1. The first-order valence-electron chi connectivity index (χ1n) is 8.32. The lowest BCUT2D eigenvalue weighted by Crippen LogP contribution is -2.57. The molecule has 7 heteroatoms. The largest absolute Gasteiger partial charge is 0.385 e. The van der Waals surface area contributed by atoms with E-state index >= 15 is 0 Å². The summed E-state index contributed by atoms with van der Waals surface area (Å²) in [4.78, 5) is 6.33. The molecule has 1 saturated heterocycles. The highest BCUT2D eigenvalue weighted by Crippen LogP contribution is 2.23. The van der Waals surface area contributed by atoms with Crippen molar-refractivity contribution in [1.29, 1.82) is 0 Å². The molecular weight excluding hydrogens is 324 g/mol. The standard InChI is InChI=1S/C17H28N4O2S/c1-17(2)14-21(12-13-24(17,22)23)16(18-3)20-11-7-10-19-15-8-5-4-6-9-15/h4-6,8-9,19H,7,10-14H2,1-3H3,(H,18,20). The summed E-state index contributed by atoms with van der Waals surface area (Å²) in [7, 11) is -1.29. The van der Waals surface area contributed by atoms with Gasteiger partial charge in [-0.15, -0.1) is 0 Å². The first-order chi connectivity index (χ1) is 11.4. The molecule has 134 valence electrons. The van der Waals surface area contributed by atoms with Crippen molar-refractivity contribution in [2.45, 2.75) is 25.0 Å². The predicted molar refractivity (Wildman–Crippen MR) is 100 cm³/mol. The van der Waals surface area contributed by atoms with E-state index in [1.54, 1.807) is 20.9 Å². The van der Waals surface area contributed by atoms with Gasteiger partial charge in [0.1, 0.15) is 0 Å². The molecule has 0 amide bonds. The summed E-state index contributed by atoms with van der Waals surface area (Å²) < 4.78 is 23.5. The molecule has 0 radical (unpaired) electrons. The highest BCUT2D eigenvalue weighted by molar-refractivity contribution is 7.92. The summed E-state index contributed by atoms with van der Waals surface area (Å²) in [5.41, 5.74) is 1.12. The molecule has 1 heterocycles. The molecule has 1 aromatic carbocycles. The summed E-state index contributed by atoms with van der Waals surface area (Å²) in [6.07, 6.45) is 0.948. The Kier molecular flexibility index (Phi) is 6.10. The first kappa shape index (κ1) is 18.6. The molecule has 0 atom stereocenters. The van der Waals surface area contributed by atoms with Crippen molar-refractivity contribution in [3.05, 3.63) is 30.3 Å².